The third-order valence-corrected chi connectivity index (χ3v) is 3.11. The molecule has 140 valence electrons. The van der Waals surface area contributed by atoms with Gasteiger partial charge in [0.25, 0.3) is 0 Å². The van der Waals surface area contributed by atoms with E-state index in [1.54, 1.807) is 0 Å². The molecule has 0 aliphatic carbocycles. The minimum atomic E-state index is -1.56. The summed E-state index contributed by atoms with van der Waals surface area (Å²) in [6.45, 7) is 0. The van der Waals surface area contributed by atoms with Gasteiger partial charge in [-0.15, -0.1) is 0 Å². The highest BCUT2D eigenvalue weighted by Gasteiger charge is 2.15. The monoisotopic (exact) mass is 406 g/mol. The van der Waals surface area contributed by atoms with Gasteiger partial charge in [-0.2, -0.15) is 0 Å². The van der Waals surface area contributed by atoms with Gasteiger partial charge in [0.1, 0.15) is 11.6 Å². The fourth-order valence-electron chi connectivity index (χ4n) is 1.11. The molecular weight excluding hydrogens is 393 g/mol. The summed E-state index contributed by atoms with van der Waals surface area (Å²) in [4.78, 5) is 19.8. The van der Waals surface area contributed by atoms with Crippen molar-refractivity contribution in [2.75, 3.05) is 11.5 Å². The molecule has 0 fully saturated rings. The molecule has 0 saturated carbocycles. The number of carbonyl (C=O) groups is 2. The van der Waals surface area contributed by atoms with E-state index in [0.717, 1.165) is 0 Å². The predicted molar refractivity (Wildman–Crippen MR) is 95.6 cm³/mol. The van der Waals surface area contributed by atoms with Crippen LogP contribution in [0.1, 0.15) is 0 Å². The van der Waals surface area contributed by atoms with Crippen LogP contribution in [0.3, 0.4) is 0 Å². The molecule has 0 bridgehead atoms. The van der Waals surface area contributed by atoms with Gasteiger partial charge in [-0.1, -0.05) is 23.2 Å². The fraction of sp³-hybridized carbons (Fsp3) is 0. The van der Waals surface area contributed by atoms with Crippen molar-refractivity contribution in [3.8, 4) is 0 Å². The van der Waals surface area contributed by atoms with Crippen LogP contribution in [0.4, 0.5) is 20.2 Å². The number of nitrogen functional groups attached to an aromatic ring is 2. The number of rotatable bonds is 2. The molecule has 0 aromatic heterocycles. The average Bonchev–Trinajstić information content (AvgIpc) is 2.59. The first-order valence-electron chi connectivity index (χ1n) is 6.58. The molecule has 0 heterocycles. The molecule has 0 saturated heterocycles. The molecule has 0 unspecified atom stereocenters. The maximum atomic E-state index is 12.0. The molecule has 2 aromatic carbocycles. The molecule has 0 aliphatic rings. The fourth-order valence-corrected chi connectivity index (χ4v) is 1.27. The molecule has 6 nitrogen and oxygen atoms in total. The number of hydrogen-bond acceptors (Lipinski definition) is 4. The van der Waals surface area contributed by atoms with Crippen molar-refractivity contribution < 1.29 is 28.6 Å². The number of carboxylic acid groups (broad SMARTS) is 2. The molecule has 6 N–H and O–H groups in total. The van der Waals surface area contributed by atoms with Crippen molar-refractivity contribution in [1.29, 1.82) is 0 Å². The zero-order valence-corrected chi connectivity index (χ0v) is 14.5. The van der Waals surface area contributed by atoms with E-state index >= 15 is 0 Å². The quantitative estimate of drug-likeness (QED) is 0.445. The Labute approximate surface area is 157 Å². The summed E-state index contributed by atoms with van der Waals surface area (Å²) in [6.07, 6.45) is 0. The molecule has 0 amide bonds. The Morgan fingerprint density at radius 2 is 0.923 bits per heavy atom. The van der Waals surface area contributed by atoms with Crippen molar-refractivity contribution in [3.05, 3.63) is 70.2 Å². The number of nitrogens with two attached hydrogens (primary N) is 2. The molecule has 26 heavy (non-hydrogen) atoms. The minimum absolute atomic E-state index is 0.251. The first-order valence-corrected chi connectivity index (χ1v) is 7.34. The average molecular weight is 407 g/mol. The van der Waals surface area contributed by atoms with Crippen molar-refractivity contribution in [1.82, 2.24) is 0 Å². The van der Waals surface area contributed by atoms with Crippen molar-refractivity contribution >= 4 is 46.5 Å². The molecular formula is C16H14Cl2F2N2O4. The first kappa shape index (κ1) is 23.2. The lowest BCUT2D eigenvalue weighted by molar-refractivity contribution is -0.134. The smallest absolute Gasteiger partial charge is 0.349 e. The van der Waals surface area contributed by atoms with Crippen molar-refractivity contribution in [2.45, 2.75) is 0 Å². The van der Waals surface area contributed by atoms with Gasteiger partial charge in [0.15, 0.2) is 10.1 Å². The second kappa shape index (κ2) is 11.7. The molecule has 0 aliphatic heterocycles. The summed E-state index contributed by atoms with van der Waals surface area (Å²) in [5, 5.41) is 14.3. The molecule has 2 aromatic rings. The standard InChI is InChI=1S/2C6H6FN.C4H2Cl2O4/c2*7-5-1-3-6(8)4-2-5;5-1(3(7)8)2(6)4(9)10/h2*1-4H,8H2;(H,7,8)(H,9,10). The predicted octanol–water partition coefficient (Wildman–Crippen LogP) is 3.66. The Morgan fingerprint density at radius 3 is 1.08 bits per heavy atom. The number of aliphatic carboxylic acids is 2. The first-order chi connectivity index (χ1) is 12.0. The number of hydrogen-bond donors (Lipinski definition) is 4. The summed E-state index contributed by atoms with van der Waals surface area (Å²) in [5.74, 6) is -3.62. The van der Waals surface area contributed by atoms with Gasteiger partial charge in [-0.25, -0.2) is 18.4 Å². The van der Waals surface area contributed by atoms with E-state index in [9.17, 15) is 18.4 Å². The number of benzene rings is 2. The van der Waals surface area contributed by atoms with E-state index < -0.39 is 22.0 Å². The summed E-state index contributed by atoms with van der Waals surface area (Å²) in [5.41, 5.74) is 11.7. The number of carboxylic acids is 2. The lowest BCUT2D eigenvalue weighted by Crippen LogP contribution is -2.02. The van der Waals surface area contributed by atoms with Crippen LogP contribution in [-0.4, -0.2) is 22.2 Å². The third kappa shape index (κ3) is 10.1. The van der Waals surface area contributed by atoms with Crippen LogP contribution in [0.25, 0.3) is 0 Å². The van der Waals surface area contributed by atoms with Crippen LogP contribution >= 0.6 is 23.2 Å². The Hall–Kier alpha value is -2.84. The van der Waals surface area contributed by atoms with Gasteiger partial charge in [-0.3, -0.25) is 0 Å². The number of halogens is 4. The zero-order valence-electron chi connectivity index (χ0n) is 13.0. The van der Waals surface area contributed by atoms with Crippen molar-refractivity contribution in [2.24, 2.45) is 0 Å². The maximum Gasteiger partial charge on any atom is 0.349 e. The van der Waals surface area contributed by atoms with Gasteiger partial charge in [0, 0.05) is 11.4 Å². The summed E-state index contributed by atoms with van der Waals surface area (Å²) in [7, 11) is 0. The van der Waals surface area contributed by atoms with Crippen LogP contribution in [0.15, 0.2) is 58.6 Å². The van der Waals surface area contributed by atoms with E-state index in [0.29, 0.717) is 11.4 Å². The largest absolute Gasteiger partial charge is 0.477 e. The zero-order chi connectivity index (χ0) is 20.3. The molecule has 10 heteroatoms. The highest BCUT2D eigenvalue weighted by molar-refractivity contribution is 6.52. The van der Waals surface area contributed by atoms with Crippen LogP contribution in [0.5, 0.6) is 0 Å². The van der Waals surface area contributed by atoms with E-state index in [-0.39, 0.29) is 11.6 Å². The van der Waals surface area contributed by atoms with Crippen molar-refractivity contribution in [3.63, 3.8) is 0 Å². The highest BCUT2D eigenvalue weighted by atomic mass is 35.5. The molecule has 2 rings (SSSR count). The second-order valence-corrected chi connectivity index (χ2v) is 5.10. The van der Waals surface area contributed by atoms with Crippen LogP contribution in [0.2, 0.25) is 0 Å². The summed E-state index contributed by atoms with van der Waals surface area (Å²) in [6, 6.07) is 11.4. The van der Waals surface area contributed by atoms with E-state index in [2.05, 4.69) is 0 Å². The van der Waals surface area contributed by atoms with Gasteiger partial charge in [0.05, 0.1) is 0 Å². The van der Waals surface area contributed by atoms with E-state index in [1.165, 1.54) is 48.5 Å². The molecule has 0 spiro atoms. The van der Waals surface area contributed by atoms with Gasteiger partial charge >= 0.3 is 11.9 Å². The summed E-state index contributed by atoms with van der Waals surface area (Å²) >= 11 is 9.86. The lowest BCUT2D eigenvalue weighted by atomic mass is 10.3. The van der Waals surface area contributed by atoms with Crippen LogP contribution in [-0.2, 0) is 9.59 Å². The SMILES string of the molecule is Nc1ccc(F)cc1.Nc1ccc(F)cc1.O=C(O)C(Cl)=C(Cl)C(=O)O. The Bertz CT molecular complexity index is 659. The normalized spacial score (nSPS) is 10.3. The number of anilines is 2. The Kier molecular flexibility index (Phi) is 10.4. The Morgan fingerprint density at radius 1 is 0.692 bits per heavy atom. The van der Waals surface area contributed by atoms with Crippen LogP contribution < -0.4 is 11.5 Å². The van der Waals surface area contributed by atoms with Gasteiger partial charge in [0.2, 0.25) is 0 Å². The third-order valence-electron chi connectivity index (χ3n) is 2.31. The second-order valence-electron chi connectivity index (χ2n) is 4.34. The topological polar surface area (TPSA) is 127 Å². The van der Waals surface area contributed by atoms with Gasteiger partial charge in [-0.05, 0) is 48.5 Å². The molecule has 0 atom stereocenters. The van der Waals surface area contributed by atoms with Crippen LogP contribution in [0, 0.1) is 11.6 Å². The summed E-state index contributed by atoms with van der Waals surface area (Å²) < 4.78 is 24.1. The minimum Gasteiger partial charge on any atom is -0.477 e. The Balaban J connectivity index is 0.000000363. The lowest BCUT2D eigenvalue weighted by Gasteiger charge is -1.90. The van der Waals surface area contributed by atoms with E-state index in [4.69, 9.17) is 44.9 Å². The highest BCUT2D eigenvalue weighted by Crippen LogP contribution is 2.13. The maximum absolute atomic E-state index is 12.0. The molecule has 0 radical (unpaired) electrons. The van der Waals surface area contributed by atoms with E-state index in [1.807, 2.05) is 0 Å². The van der Waals surface area contributed by atoms with Gasteiger partial charge < -0.3 is 21.7 Å².